The van der Waals surface area contributed by atoms with E-state index in [9.17, 15) is 9.50 Å². The second-order valence-corrected chi connectivity index (χ2v) is 9.17. The number of nitrogens with one attached hydrogen (secondary N) is 1. The van der Waals surface area contributed by atoms with Gasteiger partial charge in [-0.25, -0.2) is 4.39 Å². The molecule has 1 saturated heterocycles. The number of halogens is 3. The van der Waals surface area contributed by atoms with Gasteiger partial charge in [0.2, 0.25) is 0 Å². The largest absolute Gasteiger partial charge is 0.497 e. The Balaban J connectivity index is 0.00000190. The first-order valence-corrected chi connectivity index (χ1v) is 12.0. The zero-order valence-corrected chi connectivity index (χ0v) is 22.4. The van der Waals surface area contributed by atoms with Crippen LogP contribution in [0.25, 0.3) is 10.9 Å². The Morgan fingerprint density at radius 3 is 2.57 bits per heavy atom. The maximum Gasteiger partial charge on any atom is 0.179 e. The molecule has 1 aromatic carbocycles. The van der Waals surface area contributed by atoms with E-state index in [2.05, 4.69) is 20.2 Å². The van der Waals surface area contributed by atoms with Crippen molar-refractivity contribution >= 4 is 35.7 Å². The quantitative estimate of drug-likeness (QED) is 0.437. The molecular formula is C26H33Cl2FN4O4. The van der Waals surface area contributed by atoms with E-state index in [4.69, 9.17) is 14.2 Å². The van der Waals surface area contributed by atoms with Crippen LogP contribution >= 0.6 is 24.8 Å². The molecule has 8 nitrogen and oxygen atoms in total. The normalized spacial score (nSPS) is 16.5. The number of pyridine rings is 2. The number of methoxy groups -OCH3 is 1. The zero-order chi connectivity index (χ0) is 24.3. The van der Waals surface area contributed by atoms with E-state index in [1.807, 2.05) is 24.3 Å². The topological polar surface area (TPSA) is 89.0 Å². The molecule has 5 rings (SSSR count). The highest BCUT2D eigenvalue weighted by molar-refractivity contribution is 5.85. The fourth-order valence-electron chi connectivity index (χ4n) is 4.81. The first kappa shape index (κ1) is 29.1. The van der Waals surface area contributed by atoms with Gasteiger partial charge in [0.05, 0.1) is 37.3 Å². The lowest BCUT2D eigenvalue weighted by molar-refractivity contribution is 0.0775. The molecule has 2 aliphatic rings. The van der Waals surface area contributed by atoms with Crippen molar-refractivity contribution in [3.05, 3.63) is 53.7 Å². The molecule has 0 aliphatic carbocycles. The number of rotatable bonds is 8. The standard InChI is InChI=1S/C26H31FN4O4.2ClH/c1-33-19-2-3-23-21(13-19)20(22(27)15-29-23)4-7-31-8-5-26(17-32,6-9-31)30-14-18-12-24-25(16-28-18)35-11-10-34-24;;/h2-3,12-13,15-16,30,32H,4-11,14,17H2,1H3;2*1H. The molecule has 1 fully saturated rings. The minimum absolute atomic E-state index is 0. The summed E-state index contributed by atoms with van der Waals surface area (Å²) >= 11 is 0. The molecule has 0 atom stereocenters. The number of hydrogen-bond donors (Lipinski definition) is 2. The molecule has 0 radical (unpaired) electrons. The molecule has 37 heavy (non-hydrogen) atoms. The fraction of sp³-hybridized carbons (Fsp3) is 0.462. The summed E-state index contributed by atoms with van der Waals surface area (Å²) in [5.41, 5.74) is 1.90. The van der Waals surface area contributed by atoms with Gasteiger partial charge in [0.15, 0.2) is 11.5 Å². The van der Waals surface area contributed by atoms with Crippen LogP contribution in [0, 0.1) is 5.82 Å². The maximum atomic E-state index is 14.7. The zero-order valence-electron chi connectivity index (χ0n) is 20.7. The summed E-state index contributed by atoms with van der Waals surface area (Å²) in [6.45, 7) is 4.02. The van der Waals surface area contributed by atoms with Crippen molar-refractivity contribution in [2.24, 2.45) is 0 Å². The smallest absolute Gasteiger partial charge is 0.179 e. The number of hydrogen-bond acceptors (Lipinski definition) is 8. The van der Waals surface area contributed by atoms with Crippen LogP contribution in [0.5, 0.6) is 17.2 Å². The van der Waals surface area contributed by atoms with Crippen molar-refractivity contribution in [1.82, 2.24) is 20.2 Å². The highest BCUT2D eigenvalue weighted by Gasteiger charge is 2.33. The molecule has 0 bridgehead atoms. The summed E-state index contributed by atoms with van der Waals surface area (Å²) in [4.78, 5) is 11.0. The first-order valence-electron chi connectivity index (χ1n) is 12.0. The van der Waals surface area contributed by atoms with Gasteiger partial charge in [-0.15, -0.1) is 24.8 Å². The average molecular weight is 555 g/mol. The van der Waals surface area contributed by atoms with Crippen LogP contribution in [0.1, 0.15) is 24.1 Å². The molecule has 0 spiro atoms. The van der Waals surface area contributed by atoms with E-state index < -0.39 is 0 Å². The number of fused-ring (bicyclic) bond motifs is 2. The number of nitrogens with zero attached hydrogens (tertiary/aromatic N) is 3. The molecule has 0 saturated carbocycles. The Labute approximate surface area is 228 Å². The minimum Gasteiger partial charge on any atom is -0.497 e. The van der Waals surface area contributed by atoms with E-state index in [-0.39, 0.29) is 42.8 Å². The molecule has 11 heteroatoms. The molecule has 4 heterocycles. The number of ether oxygens (including phenoxy) is 3. The maximum absolute atomic E-state index is 14.7. The Bertz CT molecular complexity index is 1190. The highest BCUT2D eigenvalue weighted by atomic mass is 35.5. The highest BCUT2D eigenvalue weighted by Crippen LogP contribution is 2.30. The lowest BCUT2D eigenvalue weighted by Crippen LogP contribution is -2.55. The van der Waals surface area contributed by atoms with Crippen molar-refractivity contribution in [2.75, 3.05) is 46.6 Å². The molecule has 3 aromatic rings. The van der Waals surface area contributed by atoms with Crippen LogP contribution in [-0.2, 0) is 13.0 Å². The van der Waals surface area contributed by atoms with Gasteiger partial charge in [-0.2, -0.15) is 0 Å². The first-order chi connectivity index (χ1) is 17.1. The predicted molar refractivity (Wildman–Crippen MR) is 144 cm³/mol. The molecule has 2 N–H and O–H groups in total. The Morgan fingerprint density at radius 2 is 1.84 bits per heavy atom. The lowest BCUT2D eigenvalue weighted by atomic mass is 9.88. The van der Waals surface area contributed by atoms with Gasteiger partial charge in [0, 0.05) is 35.6 Å². The summed E-state index contributed by atoms with van der Waals surface area (Å²) in [6, 6.07) is 7.44. The van der Waals surface area contributed by atoms with E-state index in [0.29, 0.717) is 49.0 Å². The summed E-state index contributed by atoms with van der Waals surface area (Å²) in [6.07, 6.45) is 5.16. The molecule has 2 aromatic heterocycles. The number of benzene rings is 1. The minimum atomic E-state index is -0.368. The summed E-state index contributed by atoms with van der Waals surface area (Å²) in [7, 11) is 1.60. The summed E-state index contributed by atoms with van der Waals surface area (Å²) < 4.78 is 31.2. The fourth-order valence-corrected chi connectivity index (χ4v) is 4.81. The van der Waals surface area contributed by atoms with Crippen LogP contribution in [0.15, 0.2) is 36.7 Å². The van der Waals surface area contributed by atoms with Crippen LogP contribution in [0.3, 0.4) is 0 Å². The molecule has 0 amide bonds. The lowest BCUT2D eigenvalue weighted by Gasteiger charge is -2.41. The van der Waals surface area contributed by atoms with Crippen molar-refractivity contribution in [3.63, 3.8) is 0 Å². The Kier molecular flexibility index (Phi) is 10.1. The van der Waals surface area contributed by atoms with Gasteiger partial charge in [0.25, 0.3) is 0 Å². The molecule has 2 aliphatic heterocycles. The number of aliphatic hydroxyl groups excluding tert-OH is 1. The summed E-state index contributed by atoms with van der Waals surface area (Å²) in [5, 5.41) is 14.5. The van der Waals surface area contributed by atoms with Gasteiger partial charge in [0.1, 0.15) is 24.8 Å². The van der Waals surface area contributed by atoms with Crippen LogP contribution < -0.4 is 19.5 Å². The van der Waals surface area contributed by atoms with Crippen LogP contribution in [0.2, 0.25) is 0 Å². The number of likely N-dealkylation sites (tertiary alicyclic amines) is 1. The monoisotopic (exact) mass is 554 g/mol. The SMILES string of the molecule is COc1ccc2ncc(F)c(CCN3CCC(CO)(NCc4cc5c(cn4)OCCO5)CC3)c2c1.Cl.Cl. The van der Waals surface area contributed by atoms with Crippen molar-refractivity contribution in [2.45, 2.75) is 31.3 Å². The van der Waals surface area contributed by atoms with Gasteiger partial charge in [-0.3, -0.25) is 9.97 Å². The average Bonchev–Trinajstić information content (AvgIpc) is 2.91. The summed E-state index contributed by atoms with van der Waals surface area (Å²) in [5.74, 6) is 1.78. The third-order valence-electron chi connectivity index (χ3n) is 7.06. The molecule has 202 valence electrons. The molecular weight excluding hydrogens is 522 g/mol. The van der Waals surface area contributed by atoms with Gasteiger partial charge < -0.3 is 29.5 Å². The van der Waals surface area contributed by atoms with Crippen molar-refractivity contribution in [3.8, 4) is 17.2 Å². The number of aromatic nitrogens is 2. The third-order valence-corrected chi connectivity index (χ3v) is 7.06. The third kappa shape index (κ3) is 6.53. The number of aliphatic hydroxyl groups is 1. The van der Waals surface area contributed by atoms with E-state index >= 15 is 0 Å². The second-order valence-electron chi connectivity index (χ2n) is 9.17. The van der Waals surface area contributed by atoms with E-state index in [1.54, 1.807) is 13.3 Å². The van der Waals surface area contributed by atoms with Crippen molar-refractivity contribution < 1.29 is 23.7 Å². The van der Waals surface area contributed by atoms with Gasteiger partial charge in [-0.05, 0) is 50.6 Å². The van der Waals surface area contributed by atoms with Gasteiger partial charge in [-0.1, -0.05) is 0 Å². The predicted octanol–water partition coefficient (Wildman–Crippen LogP) is 3.55. The second kappa shape index (κ2) is 12.9. The van der Waals surface area contributed by atoms with Crippen LogP contribution in [0.4, 0.5) is 4.39 Å². The Hall–Kier alpha value is -2.43. The number of piperidine rings is 1. The van der Waals surface area contributed by atoms with Gasteiger partial charge >= 0.3 is 0 Å². The van der Waals surface area contributed by atoms with E-state index in [0.717, 1.165) is 49.1 Å². The Morgan fingerprint density at radius 1 is 1.08 bits per heavy atom. The molecule has 0 unspecified atom stereocenters. The van der Waals surface area contributed by atoms with E-state index in [1.165, 1.54) is 6.20 Å². The van der Waals surface area contributed by atoms with Crippen molar-refractivity contribution in [1.29, 1.82) is 0 Å². The van der Waals surface area contributed by atoms with Crippen LogP contribution in [-0.4, -0.2) is 72.1 Å².